The van der Waals surface area contributed by atoms with Crippen molar-refractivity contribution in [1.29, 1.82) is 0 Å². The highest BCUT2D eigenvalue weighted by molar-refractivity contribution is 5.89. The second-order valence-electron chi connectivity index (χ2n) is 5.73. The molecule has 3 heteroatoms. The van der Waals surface area contributed by atoms with Crippen molar-refractivity contribution in [2.45, 2.75) is 25.7 Å². The Morgan fingerprint density at radius 3 is 2.57 bits per heavy atom. The summed E-state index contributed by atoms with van der Waals surface area (Å²) in [4.78, 5) is 13.1. The van der Waals surface area contributed by atoms with Crippen molar-refractivity contribution in [2.24, 2.45) is 0 Å². The summed E-state index contributed by atoms with van der Waals surface area (Å²) in [7, 11) is 1.97. The molecule has 0 bridgehead atoms. The predicted molar refractivity (Wildman–Crippen MR) is 84.6 cm³/mol. The van der Waals surface area contributed by atoms with Crippen LogP contribution in [0.25, 0.3) is 0 Å². The highest BCUT2D eigenvalue weighted by Gasteiger charge is 2.24. The van der Waals surface area contributed by atoms with E-state index in [0.29, 0.717) is 5.56 Å². The first-order chi connectivity index (χ1) is 10.1. The van der Waals surface area contributed by atoms with Crippen LogP contribution in [-0.2, 0) is 0 Å². The lowest BCUT2D eigenvalue weighted by Crippen LogP contribution is -2.12. The van der Waals surface area contributed by atoms with Crippen molar-refractivity contribution < 1.29 is 9.90 Å². The van der Waals surface area contributed by atoms with Crippen LogP contribution in [0.15, 0.2) is 42.5 Å². The van der Waals surface area contributed by atoms with Gasteiger partial charge in [0.2, 0.25) is 0 Å². The fourth-order valence-corrected chi connectivity index (χ4v) is 2.71. The number of aryl methyl sites for hydroxylation is 1. The fourth-order valence-electron chi connectivity index (χ4n) is 2.71. The summed E-state index contributed by atoms with van der Waals surface area (Å²) in [5.74, 6) is -0.149. The van der Waals surface area contributed by atoms with Gasteiger partial charge in [0, 0.05) is 18.4 Å². The molecule has 0 radical (unpaired) electrons. The normalized spacial score (nSPS) is 14.0. The van der Waals surface area contributed by atoms with Crippen LogP contribution < -0.4 is 4.90 Å². The van der Waals surface area contributed by atoms with Crippen LogP contribution in [0, 0.1) is 6.92 Å². The van der Waals surface area contributed by atoms with Gasteiger partial charge in [-0.15, -0.1) is 0 Å². The highest BCUT2D eigenvalue weighted by Crippen LogP contribution is 2.41. The quantitative estimate of drug-likeness (QED) is 0.906. The summed E-state index contributed by atoms with van der Waals surface area (Å²) in [6, 6.07) is 13.6. The number of hydrogen-bond donors (Lipinski definition) is 1. The topological polar surface area (TPSA) is 40.5 Å². The number of anilines is 2. The average Bonchev–Trinajstić information content (AvgIpc) is 3.31. The van der Waals surface area contributed by atoms with E-state index in [1.807, 2.05) is 18.0 Å². The van der Waals surface area contributed by atoms with Gasteiger partial charge in [-0.1, -0.05) is 18.2 Å². The van der Waals surface area contributed by atoms with E-state index < -0.39 is 5.97 Å². The monoisotopic (exact) mass is 281 g/mol. The Morgan fingerprint density at radius 2 is 1.95 bits per heavy atom. The third-order valence-electron chi connectivity index (χ3n) is 4.11. The van der Waals surface area contributed by atoms with Crippen molar-refractivity contribution in [1.82, 2.24) is 0 Å². The number of carboxylic acids is 1. The Labute approximate surface area is 124 Å². The van der Waals surface area contributed by atoms with Crippen molar-refractivity contribution in [3.63, 3.8) is 0 Å². The van der Waals surface area contributed by atoms with Gasteiger partial charge in [0.15, 0.2) is 0 Å². The van der Waals surface area contributed by atoms with Crippen LogP contribution in [0.3, 0.4) is 0 Å². The molecule has 2 aromatic rings. The van der Waals surface area contributed by atoms with Gasteiger partial charge in [0.1, 0.15) is 0 Å². The molecular weight excluding hydrogens is 262 g/mol. The molecule has 2 aromatic carbocycles. The summed E-state index contributed by atoms with van der Waals surface area (Å²) < 4.78 is 0. The molecule has 3 nitrogen and oxygen atoms in total. The standard InChI is InChI=1S/C18H19NO2/c1-12-10-14(13-6-7-13)8-9-17(12)19(2)16-5-3-4-15(11-16)18(20)21/h3-5,8-11,13H,6-7H2,1-2H3,(H,20,21). The number of rotatable bonds is 4. The minimum absolute atomic E-state index is 0.312. The van der Waals surface area contributed by atoms with Crippen molar-refractivity contribution in [3.8, 4) is 0 Å². The second kappa shape index (κ2) is 5.24. The molecule has 3 rings (SSSR count). The molecule has 0 aliphatic heterocycles. The number of carboxylic acid groups (broad SMARTS) is 1. The van der Waals surface area contributed by atoms with Gasteiger partial charge in [0.05, 0.1) is 5.56 Å². The maximum absolute atomic E-state index is 11.1. The van der Waals surface area contributed by atoms with Crippen molar-refractivity contribution in [3.05, 3.63) is 59.2 Å². The molecule has 0 unspecified atom stereocenters. The van der Waals surface area contributed by atoms with E-state index in [2.05, 4.69) is 25.1 Å². The number of carbonyl (C=O) groups is 1. The number of aromatic carboxylic acids is 1. The molecule has 0 saturated heterocycles. The van der Waals surface area contributed by atoms with E-state index in [0.717, 1.165) is 17.3 Å². The molecule has 1 fully saturated rings. The Morgan fingerprint density at radius 1 is 1.19 bits per heavy atom. The largest absolute Gasteiger partial charge is 0.478 e. The zero-order valence-corrected chi connectivity index (χ0v) is 12.3. The summed E-state index contributed by atoms with van der Waals surface area (Å²) in [6.07, 6.45) is 2.60. The lowest BCUT2D eigenvalue weighted by Gasteiger charge is -2.22. The summed E-state index contributed by atoms with van der Waals surface area (Å²) in [6.45, 7) is 2.11. The summed E-state index contributed by atoms with van der Waals surface area (Å²) in [5.41, 5.74) is 4.96. The molecule has 1 N–H and O–H groups in total. The second-order valence-corrected chi connectivity index (χ2v) is 5.73. The van der Waals surface area contributed by atoms with Gasteiger partial charge in [-0.25, -0.2) is 4.79 Å². The SMILES string of the molecule is Cc1cc(C2CC2)ccc1N(C)c1cccc(C(=O)O)c1. The smallest absolute Gasteiger partial charge is 0.335 e. The molecular formula is C18H19NO2. The van der Waals surface area contributed by atoms with Crippen LogP contribution in [0.4, 0.5) is 11.4 Å². The van der Waals surface area contributed by atoms with Gasteiger partial charge >= 0.3 is 5.97 Å². The third-order valence-corrected chi connectivity index (χ3v) is 4.11. The zero-order chi connectivity index (χ0) is 15.0. The van der Waals surface area contributed by atoms with Crippen LogP contribution in [0.1, 0.15) is 40.2 Å². The molecule has 1 saturated carbocycles. The maximum Gasteiger partial charge on any atom is 0.335 e. The van der Waals surface area contributed by atoms with Gasteiger partial charge < -0.3 is 10.0 Å². The maximum atomic E-state index is 11.1. The first-order valence-corrected chi connectivity index (χ1v) is 7.24. The molecule has 0 heterocycles. The first-order valence-electron chi connectivity index (χ1n) is 7.24. The number of nitrogens with zero attached hydrogens (tertiary/aromatic N) is 1. The molecule has 1 aliphatic carbocycles. The van der Waals surface area contributed by atoms with E-state index in [1.165, 1.54) is 24.0 Å². The van der Waals surface area contributed by atoms with Gasteiger partial charge in [-0.3, -0.25) is 0 Å². The van der Waals surface area contributed by atoms with Crippen LogP contribution >= 0.6 is 0 Å². The van der Waals surface area contributed by atoms with E-state index in [-0.39, 0.29) is 0 Å². The van der Waals surface area contributed by atoms with Gasteiger partial charge in [0.25, 0.3) is 0 Å². The molecule has 0 spiro atoms. The number of hydrogen-bond acceptors (Lipinski definition) is 2. The van der Waals surface area contributed by atoms with Gasteiger partial charge in [-0.05, 0) is 61.1 Å². The van der Waals surface area contributed by atoms with Crippen LogP contribution in [0.5, 0.6) is 0 Å². The minimum Gasteiger partial charge on any atom is -0.478 e. The molecule has 0 atom stereocenters. The van der Waals surface area contributed by atoms with Crippen molar-refractivity contribution >= 4 is 17.3 Å². The lowest BCUT2D eigenvalue weighted by atomic mass is 10.0. The molecule has 1 aliphatic rings. The Bertz CT molecular complexity index is 689. The first kappa shape index (κ1) is 13.7. The fraction of sp³-hybridized carbons (Fsp3) is 0.278. The van der Waals surface area contributed by atoms with E-state index in [4.69, 9.17) is 5.11 Å². The summed E-state index contributed by atoms with van der Waals surface area (Å²) >= 11 is 0. The van der Waals surface area contributed by atoms with E-state index in [9.17, 15) is 4.79 Å². The third kappa shape index (κ3) is 2.77. The zero-order valence-electron chi connectivity index (χ0n) is 12.3. The van der Waals surface area contributed by atoms with Crippen LogP contribution in [0.2, 0.25) is 0 Å². The predicted octanol–water partition coefficient (Wildman–Crippen LogP) is 4.34. The van der Waals surface area contributed by atoms with Crippen molar-refractivity contribution in [2.75, 3.05) is 11.9 Å². The molecule has 0 aromatic heterocycles. The lowest BCUT2D eigenvalue weighted by molar-refractivity contribution is 0.0697. The Balaban J connectivity index is 1.92. The van der Waals surface area contributed by atoms with E-state index in [1.54, 1.807) is 18.2 Å². The molecule has 0 amide bonds. The summed E-state index contributed by atoms with van der Waals surface area (Å²) in [5, 5.41) is 9.10. The van der Waals surface area contributed by atoms with Gasteiger partial charge in [-0.2, -0.15) is 0 Å². The minimum atomic E-state index is -0.897. The molecule has 108 valence electrons. The van der Waals surface area contributed by atoms with Crippen LogP contribution in [-0.4, -0.2) is 18.1 Å². The Kier molecular flexibility index (Phi) is 3.42. The number of benzene rings is 2. The molecule has 21 heavy (non-hydrogen) atoms. The highest BCUT2D eigenvalue weighted by atomic mass is 16.4. The van der Waals surface area contributed by atoms with E-state index >= 15 is 0 Å². The Hall–Kier alpha value is -2.29. The average molecular weight is 281 g/mol.